The molecule has 1 N–H and O–H groups in total. The van der Waals surface area contributed by atoms with E-state index in [9.17, 15) is 9.50 Å². The highest BCUT2D eigenvalue weighted by Gasteiger charge is 2.37. The largest absolute Gasteiger partial charge is 0.389 e. The highest BCUT2D eigenvalue weighted by molar-refractivity contribution is 5.50. The highest BCUT2D eigenvalue weighted by atomic mass is 19.1. The maximum atomic E-state index is 14.2. The molecule has 1 unspecified atom stereocenters. The summed E-state index contributed by atoms with van der Waals surface area (Å²) < 4.78 is 14.2. The van der Waals surface area contributed by atoms with Gasteiger partial charge >= 0.3 is 0 Å². The fraction of sp³-hybridized carbons (Fsp3) is 0.647. The third-order valence-electron chi connectivity index (χ3n) is 5.28. The van der Waals surface area contributed by atoms with E-state index in [-0.39, 0.29) is 5.82 Å². The van der Waals surface area contributed by atoms with Gasteiger partial charge in [0.2, 0.25) is 0 Å². The van der Waals surface area contributed by atoms with E-state index < -0.39 is 6.10 Å². The van der Waals surface area contributed by atoms with Gasteiger partial charge in [0.1, 0.15) is 5.82 Å². The Morgan fingerprint density at radius 1 is 1.15 bits per heavy atom. The van der Waals surface area contributed by atoms with Crippen LogP contribution in [-0.2, 0) is 0 Å². The summed E-state index contributed by atoms with van der Waals surface area (Å²) in [5, 5.41) is 9.51. The SMILES string of the molecule is CC(O)c1ccc(N2CCC3(CCCC3)CC2)c(F)c1. The third-order valence-corrected chi connectivity index (χ3v) is 5.28. The predicted octanol–water partition coefficient (Wildman–Crippen LogP) is 4.04. The Balaban J connectivity index is 1.71. The average molecular weight is 277 g/mol. The van der Waals surface area contributed by atoms with Crippen LogP contribution in [0.4, 0.5) is 10.1 Å². The first-order chi connectivity index (χ1) is 9.60. The molecule has 2 fully saturated rings. The van der Waals surface area contributed by atoms with Gasteiger partial charge in [0, 0.05) is 13.1 Å². The number of hydrogen-bond donors (Lipinski definition) is 1. The molecule has 2 aliphatic rings. The van der Waals surface area contributed by atoms with Gasteiger partial charge in [0.25, 0.3) is 0 Å². The molecule has 110 valence electrons. The van der Waals surface area contributed by atoms with Crippen molar-refractivity contribution in [2.24, 2.45) is 5.41 Å². The van der Waals surface area contributed by atoms with Gasteiger partial charge in [-0.25, -0.2) is 4.39 Å². The van der Waals surface area contributed by atoms with Crippen LogP contribution in [0.2, 0.25) is 0 Å². The maximum Gasteiger partial charge on any atom is 0.146 e. The fourth-order valence-electron chi connectivity index (χ4n) is 3.89. The van der Waals surface area contributed by atoms with E-state index in [4.69, 9.17) is 0 Å². The number of aliphatic hydroxyl groups excluding tert-OH is 1. The number of rotatable bonds is 2. The fourth-order valence-corrected chi connectivity index (χ4v) is 3.89. The molecule has 1 saturated heterocycles. The van der Waals surface area contributed by atoms with E-state index in [1.807, 2.05) is 12.1 Å². The number of anilines is 1. The molecule has 1 aromatic rings. The molecule has 2 nitrogen and oxygen atoms in total. The lowest BCUT2D eigenvalue weighted by atomic mass is 9.77. The Morgan fingerprint density at radius 3 is 2.35 bits per heavy atom. The molecule has 1 spiro atoms. The quantitative estimate of drug-likeness (QED) is 0.882. The smallest absolute Gasteiger partial charge is 0.146 e. The molecule has 0 amide bonds. The number of piperidine rings is 1. The molecule has 1 heterocycles. The summed E-state index contributed by atoms with van der Waals surface area (Å²) in [7, 11) is 0. The van der Waals surface area contributed by atoms with Crippen molar-refractivity contribution in [3.05, 3.63) is 29.6 Å². The van der Waals surface area contributed by atoms with E-state index in [0.717, 1.165) is 13.1 Å². The molecular weight excluding hydrogens is 253 g/mol. The topological polar surface area (TPSA) is 23.5 Å². The molecule has 1 aromatic carbocycles. The van der Waals surface area contributed by atoms with Crippen LogP contribution in [-0.4, -0.2) is 18.2 Å². The second-order valence-electron chi connectivity index (χ2n) is 6.58. The zero-order valence-corrected chi connectivity index (χ0v) is 12.2. The Hall–Kier alpha value is -1.09. The minimum atomic E-state index is -0.610. The van der Waals surface area contributed by atoms with Crippen LogP contribution in [0.15, 0.2) is 18.2 Å². The van der Waals surface area contributed by atoms with Gasteiger partial charge in [-0.15, -0.1) is 0 Å². The minimum absolute atomic E-state index is 0.203. The number of hydrogen-bond acceptors (Lipinski definition) is 2. The van der Waals surface area contributed by atoms with Crippen LogP contribution >= 0.6 is 0 Å². The average Bonchev–Trinajstić information content (AvgIpc) is 2.88. The van der Waals surface area contributed by atoms with Crippen LogP contribution in [0.3, 0.4) is 0 Å². The molecule has 1 saturated carbocycles. The van der Waals surface area contributed by atoms with Gasteiger partial charge < -0.3 is 10.0 Å². The predicted molar refractivity (Wildman–Crippen MR) is 79.4 cm³/mol. The molecule has 20 heavy (non-hydrogen) atoms. The standard InChI is InChI=1S/C17H24FNO/c1-13(20)14-4-5-16(15(18)12-14)19-10-8-17(9-11-19)6-2-3-7-17/h4-5,12-13,20H,2-3,6-11H2,1H3. The first-order valence-electron chi connectivity index (χ1n) is 7.82. The highest BCUT2D eigenvalue weighted by Crippen LogP contribution is 2.46. The molecule has 1 atom stereocenters. The van der Waals surface area contributed by atoms with Gasteiger partial charge in [0.05, 0.1) is 11.8 Å². The monoisotopic (exact) mass is 277 g/mol. The maximum absolute atomic E-state index is 14.2. The van der Waals surface area contributed by atoms with Crippen molar-refractivity contribution < 1.29 is 9.50 Å². The Bertz CT molecular complexity index is 470. The van der Waals surface area contributed by atoms with Crippen molar-refractivity contribution in [3.8, 4) is 0 Å². The van der Waals surface area contributed by atoms with Crippen LogP contribution in [0.5, 0.6) is 0 Å². The Labute approximate surface area is 120 Å². The summed E-state index contributed by atoms with van der Waals surface area (Å²) in [5.41, 5.74) is 1.91. The van der Waals surface area contributed by atoms with E-state index in [1.165, 1.54) is 44.6 Å². The van der Waals surface area contributed by atoms with E-state index >= 15 is 0 Å². The molecule has 1 aliphatic heterocycles. The lowest BCUT2D eigenvalue weighted by molar-refractivity contribution is 0.199. The molecule has 0 aromatic heterocycles. The minimum Gasteiger partial charge on any atom is -0.389 e. The summed E-state index contributed by atoms with van der Waals surface area (Å²) in [6.45, 7) is 3.59. The third kappa shape index (κ3) is 2.56. The normalized spacial score (nSPS) is 23.2. The zero-order valence-electron chi connectivity index (χ0n) is 12.2. The molecule has 0 bridgehead atoms. The van der Waals surface area contributed by atoms with Crippen molar-refractivity contribution in [3.63, 3.8) is 0 Å². The summed E-state index contributed by atoms with van der Waals surface area (Å²) in [5.74, 6) is -0.203. The second kappa shape index (κ2) is 5.36. The summed E-state index contributed by atoms with van der Waals surface area (Å²) >= 11 is 0. The lowest BCUT2D eigenvalue weighted by Gasteiger charge is -2.40. The molecular formula is C17H24FNO. The van der Waals surface area contributed by atoms with Gasteiger partial charge in [-0.05, 0) is 55.7 Å². The van der Waals surface area contributed by atoms with Crippen LogP contribution in [0.25, 0.3) is 0 Å². The van der Waals surface area contributed by atoms with Gasteiger partial charge in [-0.1, -0.05) is 18.9 Å². The van der Waals surface area contributed by atoms with Crippen molar-refractivity contribution >= 4 is 5.69 Å². The first-order valence-corrected chi connectivity index (χ1v) is 7.82. The summed E-state index contributed by atoms with van der Waals surface area (Å²) in [6.07, 6.45) is 7.26. The van der Waals surface area contributed by atoms with E-state index in [2.05, 4.69) is 4.90 Å². The zero-order chi connectivity index (χ0) is 14.2. The number of benzene rings is 1. The Kier molecular flexibility index (Phi) is 3.72. The summed E-state index contributed by atoms with van der Waals surface area (Å²) in [4.78, 5) is 2.17. The first kappa shape index (κ1) is 13.9. The molecule has 1 aliphatic carbocycles. The molecule has 0 radical (unpaired) electrons. The van der Waals surface area contributed by atoms with Crippen molar-refractivity contribution in [2.75, 3.05) is 18.0 Å². The number of halogens is 1. The van der Waals surface area contributed by atoms with E-state index in [0.29, 0.717) is 16.7 Å². The number of aliphatic hydroxyl groups is 1. The van der Waals surface area contributed by atoms with Gasteiger partial charge in [0.15, 0.2) is 0 Å². The van der Waals surface area contributed by atoms with Crippen LogP contribution in [0, 0.1) is 11.2 Å². The van der Waals surface area contributed by atoms with Crippen LogP contribution in [0.1, 0.15) is 57.1 Å². The van der Waals surface area contributed by atoms with Crippen molar-refractivity contribution in [1.29, 1.82) is 0 Å². The molecule has 3 heteroatoms. The summed E-state index contributed by atoms with van der Waals surface area (Å²) in [6, 6.07) is 5.13. The second-order valence-corrected chi connectivity index (χ2v) is 6.58. The number of nitrogens with zero attached hydrogens (tertiary/aromatic N) is 1. The van der Waals surface area contributed by atoms with Crippen LogP contribution < -0.4 is 4.90 Å². The lowest BCUT2D eigenvalue weighted by Crippen LogP contribution is -2.39. The molecule has 3 rings (SSSR count). The van der Waals surface area contributed by atoms with Gasteiger partial charge in [-0.3, -0.25) is 0 Å². The Morgan fingerprint density at radius 2 is 1.80 bits per heavy atom. The van der Waals surface area contributed by atoms with Crippen molar-refractivity contribution in [1.82, 2.24) is 0 Å². The van der Waals surface area contributed by atoms with Gasteiger partial charge in [-0.2, -0.15) is 0 Å². The van der Waals surface area contributed by atoms with E-state index in [1.54, 1.807) is 6.92 Å². The van der Waals surface area contributed by atoms with Crippen molar-refractivity contribution in [2.45, 2.75) is 51.6 Å².